The molecule has 3 heteroatoms. The summed E-state index contributed by atoms with van der Waals surface area (Å²) in [5.41, 5.74) is 1.57. The van der Waals surface area contributed by atoms with Gasteiger partial charge in [0.05, 0.1) is 7.11 Å². The molecule has 98 valence electrons. The Kier molecular flexibility index (Phi) is 5.98. The first-order chi connectivity index (χ1) is 8.71. The van der Waals surface area contributed by atoms with Gasteiger partial charge in [0.25, 0.3) is 0 Å². The van der Waals surface area contributed by atoms with Gasteiger partial charge in [-0.1, -0.05) is 25.8 Å². The highest BCUT2D eigenvalue weighted by Crippen LogP contribution is 2.27. The van der Waals surface area contributed by atoms with Crippen LogP contribution >= 0.6 is 0 Å². The summed E-state index contributed by atoms with van der Waals surface area (Å²) in [4.78, 5) is 11.0. The molecule has 1 N–H and O–H groups in total. The van der Waals surface area contributed by atoms with Gasteiger partial charge in [-0.3, -0.25) is 4.79 Å². The average Bonchev–Trinajstić information content (AvgIpc) is 2.38. The minimum atomic E-state index is 0.0880. The van der Waals surface area contributed by atoms with Crippen molar-refractivity contribution in [3.8, 4) is 11.5 Å². The monoisotopic (exact) mass is 248 g/mol. The minimum absolute atomic E-state index is 0.0880. The summed E-state index contributed by atoms with van der Waals surface area (Å²) in [7, 11) is 1.51. The number of benzene rings is 1. The van der Waals surface area contributed by atoms with Gasteiger partial charge in [0, 0.05) is 0 Å². The maximum Gasteiger partial charge on any atom is 0.160 e. The summed E-state index contributed by atoms with van der Waals surface area (Å²) in [6, 6.07) is 5.11. The number of carbonyl (C=O) groups excluding carboxylic acids is 1. The number of rotatable bonds is 7. The van der Waals surface area contributed by atoms with Crippen molar-refractivity contribution in [1.82, 2.24) is 0 Å². The van der Waals surface area contributed by atoms with Crippen LogP contribution in [-0.4, -0.2) is 18.5 Å². The van der Waals surface area contributed by atoms with E-state index < -0.39 is 0 Å². The number of phenols is 1. The van der Waals surface area contributed by atoms with E-state index in [9.17, 15) is 9.90 Å². The molecule has 0 unspecified atom stereocenters. The van der Waals surface area contributed by atoms with Crippen molar-refractivity contribution in [3.05, 3.63) is 29.3 Å². The Hall–Kier alpha value is -1.77. The lowest BCUT2D eigenvalue weighted by atomic mass is 10.1. The van der Waals surface area contributed by atoms with E-state index in [-0.39, 0.29) is 5.75 Å². The van der Waals surface area contributed by atoms with Crippen LogP contribution < -0.4 is 4.74 Å². The van der Waals surface area contributed by atoms with Crippen molar-refractivity contribution in [3.63, 3.8) is 0 Å². The lowest BCUT2D eigenvalue weighted by molar-refractivity contribution is -0.105. The number of methoxy groups -OCH3 is 1. The van der Waals surface area contributed by atoms with Crippen molar-refractivity contribution >= 4 is 12.4 Å². The van der Waals surface area contributed by atoms with Gasteiger partial charge < -0.3 is 9.84 Å². The van der Waals surface area contributed by atoms with Gasteiger partial charge in [-0.25, -0.2) is 0 Å². The molecule has 0 amide bonds. The Labute approximate surface area is 108 Å². The summed E-state index contributed by atoms with van der Waals surface area (Å²) in [5, 5.41) is 9.65. The topological polar surface area (TPSA) is 46.5 Å². The number of aromatic hydroxyl groups is 1. The lowest BCUT2D eigenvalue weighted by Crippen LogP contribution is -1.88. The third kappa shape index (κ3) is 4.24. The summed E-state index contributed by atoms with van der Waals surface area (Å²) in [5.74, 6) is 0.524. The second-order valence-corrected chi connectivity index (χ2v) is 4.23. The third-order valence-electron chi connectivity index (χ3n) is 2.78. The Balaban J connectivity index is 2.78. The summed E-state index contributed by atoms with van der Waals surface area (Å²) in [6.45, 7) is 2.13. The Bertz CT molecular complexity index is 422. The molecule has 1 aromatic carbocycles. The number of hydrogen-bond donors (Lipinski definition) is 1. The van der Waals surface area contributed by atoms with Gasteiger partial charge in [-0.2, -0.15) is 0 Å². The second-order valence-electron chi connectivity index (χ2n) is 4.23. The van der Waals surface area contributed by atoms with Gasteiger partial charge in [-0.15, -0.1) is 0 Å². The molecule has 0 atom stereocenters. The quantitative estimate of drug-likeness (QED) is 0.456. The number of hydrogen-bond acceptors (Lipinski definition) is 3. The molecule has 0 aliphatic rings. The molecule has 0 aliphatic carbocycles. The van der Waals surface area contributed by atoms with E-state index in [1.165, 1.54) is 7.11 Å². The van der Waals surface area contributed by atoms with Crippen molar-refractivity contribution in [1.29, 1.82) is 0 Å². The standard InChI is InChI=1S/C15H20O3/c1-3-4-5-6-13(11-16)9-12-7-8-15(18-2)14(17)10-12/h7-11,17H,3-6H2,1-2H3/b13-9-. The van der Waals surface area contributed by atoms with Crippen LogP contribution in [0.4, 0.5) is 0 Å². The van der Waals surface area contributed by atoms with Crippen LogP contribution in [0.15, 0.2) is 23.8 Å². The van der Waals surface area contributed by atoms with E-state index in [2.05, 4.69) is 6.92 Å². The molecule has 1 rings (SSSR count). The molecular formula is C15H20O3. The highest BCUT2D eigenvalue weighted by Gasteiger charge is 2.02. The Morgan fingerprint density at radius 2 is 2.17 bits per heavy atom. The van der Waals surface area contributed by atoms with E-state index in [1.54, 1.807) is 12.1 Å². The highest BCUT2D eigenvalue weighted by molar-refractivity contribution is 5.81. The van der Waals surface area contributed by atoms with Crippen molar-refractivity contribution in [2.45, 2.75) is 32.6 Å². The van der Waals surface area contributed by atoms with Crippen molar-refractivity contribution in [2.24, 2.45) is 0 Å². The van der Waals surface area contributed by atoms with Gasteiger partial charge in [-0.05, 0) is 42.2 Å². The normalized spacial score (nSPS) is 11.3. The average molecular weight is 248 g/mol. The fourth-order valence-corrected chi connectivity index (χ4v) is 1.76. The molecule has 0 spiro atoms. The molecule has 0 aromatic heterocycles. The van der Waals surface area contributed by atoms with Crippen LogP contribution in [0, 0.1) is 0 Å². The maximum atomic E-state index is 11.0. The molecule has 0 saturated carbocycles. The zero-order chi connectivity index (χ0) is 13.4. The molecule has 0 aliphatic heterocycles. The lowest BCUT2D eigenvalue weighted by Gasteiger charge is -2.04. The predicted octanol–water partition coefficient (Wildman–Crippen LogP) is 3.56. The molecule has 0 fully saturated rings. The number of phenolic OH excluding ortho intramolecular Hbond substituents is 1. The van der Waals surface area contributed by atoms with Crippen molar-refractivity contribution < 1.29 is 14.6 Å². The molecular weight excluding hydrogens is 228 g/mol. The summed E-state index contributed by atoms with van der Waals surface area (Å²) >= 11 is 0. The highest BCUT2D eigenvalue weighted by atomic mass is 16.5. The minimum Gasteiger partial charge on any atom is -0.504 e. The van der Waals surface area contributed by atoms with Crippen molar-refractivity contribution in [2.75, 3.05) is 7.11 Å². The molecule has 18 heavy (non-hydrogen) atoms. The van der Waals surface area contributed by atoms with Gasteiger partial charge in [0.1, 0.15) is 6.29 Å². The number of carbonyl (C=O) groups is 1. The largest absolute Gasteiger partial charge is 0.504 e. The Morgan fingerprint density at radius 3 is 2.72 bits per heavy atom. The smallest absolute Gasteiger partial charge is 0.160 e. The van der Waals surface area contributed by atoms with Gasteiger partial charge >= 0.3 is 0 Å². The Morgan fingerprint density at radius 1 is 1.39 bits per heavy atom. The van der Waals surface area contributed by atoms with E-state index in [1.807, 2.05) is 12.1 Å². The molecule has 0 bridgehead atoms. The zero-order valence-corrected chi connectivity index (χ0v) is 11.0. The fraction of sp³-hybridized carbons (Fsp3) is 0.400. The molecule has 0 saturated heterocycles. The first-order valence-corrected chi connectivity index (χ1v) is 6.24. The molecule has 0 radical (unpaired) electrons. The second kappa shape index (κ2) is 7.54. The van der Waals surface area contributed by atoms with Crippen LogP contribution in [0.3, 0.4) is 0 Å². The van der Waals surface area contributed by atoms with Crippen LogP contribution in [0.5, 0.6) is 11.5 Å². The molecule has 3 nitrogen and oxygen atoms in total. The van der Waals surface area contributed by atoms with Crippen LogP contribution in [-0.2, 0) is 4.79 Å². The van der Waals surface area contributed by atoms with Gasteiger partial charge in [0.15, 0.2) is 11.5 Å². The fourth-order valence-electron chi connectivity index (χ4n) is 1.76. The van der Waals surface area contributed by atoms with E-state index in [0.29, 0.717) is 5.75 Å². The van der Waals surface area contributed by atoms with Crippen LogP contribution in [0.1, 0.15) is 38.2 Å². The number of ether oxygens (including phenoxy) is 1. The van der Waals surface area contributed by atoms with E-state index in [0.717, 1.165) is 43.1 Å². The summed E-state index contributed by atoms with van der Waals surface area (Å²) in [6.07, 6.45) is 6.75. The number of unbranched alkanes of at least 4 members (excludes halogenated alkanes) is 2. The molecule has 1 aromatic rings. The predicted molar refractivity (Wildman–Crippen MR) is 72.8 cm³/mol. The number of aldehydes is 1. The van der Waals surface area contributed by atoms with Crippen LogP contribution in [0.25, 0.3) is 6.08 Å². The first-order valence-electron chi connectivity index (χ1n) is 6.24. The third-order valence-corrected chi connectivity index (χ3v) is 2.78. The molecule has 0 heterocycles. The summed E-state index contributed by atoms with van der Waals surface area (Å²) < 4.78 is 4.97. The van der Waals surface area contributed by atoms with Crippen LogP contribution in [0.2, 0.25) is 0 Å². The number of allylic oxidation sites excluding steroid dienone is 1. The maximum absolute atomic E-state index is 11.0. The first kappa shape index (κ1) is 14.3. The van der Waals surface area contributed by atoms with E-state index >= 15 is 0 Å². The van der Waals surface area contributed by atoms with Gasteiger partial charge in [0.2, 0.25) is 0 Å². The zero-order valence-electron chi connectivity index (χ0n) is 11.0. The van der Waals surface area contributed by atoms with E-state index in [4.69, 9.17) is 4.74 Å². The SMILES string of the molecule is CCCCC/C(C=O)=C/c1ccc(OC)c(O)c1.